The third kappa shape index (κ3) is 3.89. The van der Waals surface area contributed by atoms with Crippen LogP contribution in [0.5, 0.6) is 0 Å². The first kappa shape index (κ1) is 20.1. The molecule has 164 valence electrons. The van der Waals surface area contributed by atoms with E-state index in [1.165, 1.54) is 12.4 Å². The van der Waals surface area contributed by atoms with Gasteiger partial charge in [-0.3, -0.25) is 15.0 Å². The first-order valence-electron chi connectivity index (χ1n) is 10.1. The van der Waals surface area contributed by atoms with Gasteiger partial charge in [-0.2, -0.15) is 4.39 Å². The molecule has 3 aromatic heterocycles. The number of anilines is 2. The Morgan fingerprint density at radius 1 is 1.12 bits per heavy atom. The maximum atomic E-state index is 15.1. The minimum atomic E-state index is -0.544. The van der Waals surface area contributed by atoms with E-state index in [2.05, 4.69) is 36.2 Å². The van der Waals surface area contributed by atoms with E-state index < -0.39 is 11.6 Å². The highest BCUT2D eigenvalue weighted by Crippen LogP contribution is 2.26. The number of aryl methyl sites for hydroxylation is 1. The summed E-state index contributed by atoms with van der Waals surface area (Å²) in [5.74, 6) is -0.715. The molecule has 3 aromatic rings. The van der Waals surface area contributed by atoms with Crippen molar-refractivity contribution in [3.8, 4) is 11.3 Å². The van der Waals surface area contributed by atoms with Gasteiger partial charge in [-0.15, -0.1) is 5.53 Å². The van der Waals surface area contributed by atoms with Crippen LogP contribution < -0.4 is 21.2 Å². The molecule has 5 rings (SSSR count). The van der Waals surface area contributed by atoms with Crippen molar-refractivity contribution in [3.63, 3.8) is 0 Å². The molecule has 0 aromatic carbocycles. The monoisotopic (exact) mass is 437 g/mol. The number of rotatable bonds is 5. The van der Waals surface area contributed by atoms with E-state index in [4.69, 9.17) is 0 Å². The molecule has 2 aliphatic rings. The zero-order valence-corrected chi connectivity index (χ0v) is 17.3. The molecule has 0 spiro atoms. The van der Waals surface area contributed by atoms with Gasteiger partial charge in [-0.1, -0.05) is 0 Å². The van der Waals surface area contributed by atoms with Crippen molar-refractivity contribution in [1.29, 1.82) is 0 Å². The van der Waals surface area contributed by atoms with Crippen LogP contribution in [0.4, 0.5) is 20.4 Å². The van der Waals surface area contributed by atoms with Gasteiger partial charge in [0.1, 0.15) is 17.8 Å². The van der Waals surface area contributed by atoms with Crippen LogP contribution in [0.15, 0.2) is 48.8 Å². The molecule has 3 N–H and O–H groups in total. The summed E-state index contributed by atoms with van der Waals surface area (Å²) in [5.41, 5.74) is 9.18. The minimum absolute atomic E-state index is 0.0586. The molecule has 0 atom stereocenters. The molecule has 0 radical (unpaired) electrons. The van der Waals surface area contributed by atoms with Crippen molar-refractivity contribution >= 4 is 11.6 Å². The maximum Gasteiger partial charge on any atom is 0.207 e. The Balaban J connectivity index is 1.30. The van der Waals surface area contributed by atoms with E-state index in [1.807, 2.05) is 23.0 Å². The average molecular weight is 437 g/mol. The largest absolute Gasteiger partial charge is 0.363 e. The molecule has 11 heteroatoms. The molecule has 1 fully saturated rings. The summed E-state index contributed by atoms with van der Waals surface area (Å²) in [6, 6.07) is 4.87. The van der Waals surface area contributed by atoms with Crippen LogP contribution in [-0.2, 0) is 6.54 Å². The Hall–Kier alpha value is -3.86. The summed E-state index contributed by atoms with van der Waals surface area (Å²) < 4.78 is 29.8. The highest BCUT2D eigenvalue weighted by atomic mass is 19.1. The molecule has 0 bridgehead atoms. The van der Waals surface area contributed by atoms with Crippen molar-refractivity contribution in [2.45, 2.75) is 13.5 Å². The molecule has 32 heavy (non-hydrogen) atoms. The third-order valence-electron chi connectivity index (χ3n) is 5.33. The normalized spacial score (nSPS) is 15.3. The van der Waals surface area contributed by atoms with E-state index >= 15 is 4.39 Å². The third-order valence-corrected chi connectivity index (χ3v) is 5.33. The van der Waals surface area contributed by atoms with E-state index in [-0.39, 0.29) is 23.9 Å². The van der Waals surface area contributed by atoms with Gasteiger partial charge in [-0.25, -0.2) is 14.4 Å². The standard InChI is InChI=1S/C21H21F2N9/c1-13-6-15(2-3-24-13)19-17(22)7-14(8-25-19)9-26-20-18(23)21(28-12-27-20)31-4-5-32-16(11-31)10-29-30-32/h2-3,6-8,10,12,29-30H,4-5,9,11H2,1H3,(H,26,27,28). The first-order valence-corrected chi connectivity index (χ1v) is 10.1. The van der Waals surface area contributed by atoms with Gasteiger partial charge in [0.2, 0.25) is 5.82 Å². The number of pyridine rings is 2. The van der Waals surface area contributed by atoms with Crippen LogP contribution in [0.3, 0.4) is 0 Å². The molecule has 0 aliphatic carbocycles. The second-order valence-electron chi connectivity index (χ2n) is 7.54. The second-order valence-corrected chi connectivity index (χ2v) is 7.54. The van der Waals surface area contributed by atoms with Gasteiger partial charge in [0.05, 0.1) is 18.8 Å². The SMILES string of the molecule is Cc1cc(-c2ncc(CNc3ncnc(N4CCN5NNC=C5C4)c3F)cc2F)ccn1. The van der Waals surface area contributed by atoms with Crippen molar-refractivity contribution < 1.29 is 8.78 Å². The number of halogens is 2. The van der Waals surface area contributed by atoms with Crippen LogP contribution >= 0.6 is 0 Å². The molecule has 1 saturated heterocycles. The Kier molecular flexibility index (Phi) is 5.23. The van der Waals surface area contributed by atoms with Gasteiger partial charge in [0, 0.05) is 42.9 Å². The zero-order chi connectivity index (χ0) is 22.1. The zero-order valence-electron chi connectivity index (χ0n) is 17.3. The Morgan fingerprint density at radius 3 is 2.88 bits per heavy atom. The summed E-state index contributed by atoms with van der Waals surface area (Å²) >= 11 is 0. The number of fused-ring (bicyclic) bond motifs is 1. The fourth-order valence-corrected chi connectivity index (χ4v) is 3.72. The number of hydrazine groups is 2. The molecule has 0 saturated carbocycles. The number of nitrogens with one attached hydrogen (secondary N) is 3. The van der Waals surface area contributed by atoms with Crippen LogP contribution in [0, 0.1) is 18.6 Å². The van der Waals surface area contributed by atoms with Crippen molar-refractivity contribution in [3.05, 3.63) is 71.7 Å². The van der Waals surface area contributed by atoms with Crippen LogP contribution in [0.25, 0.3) is 11.3 Å². The van der Waals surface area contributed by atoms with Gasteiger partial charge in [0.25, 0.3) is 0 Å². The van der Waals surface area contributed by atoms with E-state index in [9.17, 15) is 4.39 Å². The van der Waals surface area contributed by atoms with Crippen LogP contribution in [0.1, 0.15) is 11.3 Å². The molecule has 9 nitrogen and oxygen atoms in total. The van der Waals surface area contributed by atoms with Gasteiger partial charge in [-0.05, 0) is 30.7 Å². The molecule has 5 heterocycles. The van der Waals surface area contributed by atoms with Gasteiger partial charge in [0.15, 0.2) is 11.6 Å². The smallest absolute Gasteiger partial charge is 0.207 e. The summed E-state index contributed by atoms with van der Waals surface area (Å²) in [7, 11) is 0. The fourth-order valence-electron chi connectivity index (χ4n) is 3.72. The molecular weight excluding hydrogens is 416 g/mol. The van der Waals surface area contributed by atoms with Crippen molar-refractivity contribution in [1.82, 2.24) is 35.9 Å². The number of hydrogen-bond donors (Lipinski definition) is 3. The highest BCUT2D eigenvalue weighted by Gasteiger charge is 2.27. The summed E-state index contributed by atoms with van der Waals surface area (Å²) in [5, 5.41) is 4.90. The lowest BCUT2D eigenvalue weighted by molar-refractivity contribution is 0.236. The summed E-state index contributed by atoms with van der Waals surface area (Å²) in [6.45, 7) is 3.80. The summed E-state index contributed by atoms with van der Waals surface area (Å²) in [6.07, 6.45) is 6.34. The molecule has 0 unspecified atom stereocenters. The molecule has 0 amide bonds. The number of hydrogen-bond acceptors (Lipinski definition) is 9. The molecular formula is C21H21F2N9. The van der Waals surface area contributed by atoms with Crippen molar-refractivity contribution in [2.24, 2.45) is 0 Å². The first-order chi connectivity index (χ1) is 15.6. The van der Waals surface area contributed by atoms with E-state index in [0.717, 1.165) is 11.4 Å². The number of aromatic nitrogens is 4. The van der Waals surface area contributed by atoms with E-state index in [1.54, 1.807) is 24.5 Å². The number of piperazine rings is 1. The quantitative estimate of drug-likeness (QED) is 0.555. The average Bonchev–Trinajstić information content (AvgIpc) is 3.26. The van der Waals surface area contributed by atoms with E-state index in [0.29, 0.717) is 30.8 Å². The fraction of sp³-hybridized carbons (Fsp3) is 0.238. The lowest BCUT2D eigenvalue weighted by Gasteiger charge is -2.35. The van der Waals surface area contributed by atoms with Gasteiger partial charge < -0.3 is 15.6 Å². The maximum absolute atomic E-state index is 15.1. The lowest BCUT2D eigenvalue weighted by Crippen LogP contribution is -2.49. The molecule has 2 aliphatic heterocycles. The Morgan fingerprint density at radius 2 is 2.03 bits per heavy atom. The van der Waals surface area contributed by atoms with Crippen LogP contribution in [-0.4, -0.2) is 44.6 Å². The predicted molar refractivity (Wildman–Crippen MR) is 115 cm³/mol. The second kappa shape index (κ2) is 8.35. The Labute approximate surface area is 183 Å². The topological polar surface area (TPSA) is 94.1 Å². The van der Waals surface area contributed by atoms with Gasteiger partial charge >= 0.3 is 0 Å². The summed E-state index contributed by atoms with van der Waals surface area (Å²) in [4.78, 5) is 18.4. The number of nitrogens with zero attached hydrogens (tertiary/aromatic N) is 6. The van der Waals surface area contributed by atoms with Crippen LogP contribution in [0.2, 0.25) is 0 Å². The Bertz CT molecular complexity index is 1180. The predicted octanol–water partition coefficient (Wildman–Crippen LogP) is 2.12. The van der Waals surface area contributed by atoms with Crippen molar-refractivity contribution in [2.75, 3.05) is 29.9 Å². The highest BCUT2D eigenvalue weighted by molar-refractivity contribution is 5.60. The minimum Gasteiger partial charge on any atom is -0.363 e. The lowest BCUT2D eigenvalue weighted by atomic mass is 10.1.